The van der Waals surface area contributed by atoms with Crippen LogP contribution in [0.2, 0.25) is 0 Å². The van der Waals surface area contributed by atoms with Crippen molar-refractivity contribution in [1.29, 1.82) is 0 Å². The second-order valence-corrected chi connectivity index (χ2v) is 4.69. The van der Waals surface area contributed by atoms with Crippen LogP contribution in [-0.4, -0.2) is 42.9 Å². The first-order valence-corrected chi connectivity index (χ1v) is 5.23. The van der Waals surface area contributed by atoms with Gasteiger partial charge in [0.1, 0.15) is 0 Å². The van der Waals surface area contributed by atoms with Gasteiger partial charge in [-0.2, -0.15) is 0 Å². The lowest BCUT2D eigenvalue weighted by Crippen LogP contribution is -2.43. The third-order valence-electron chi connectivity index (χ3n) is 2.59. The summed E-state index contributed by atoms with van der Waals surface area (Å²) in [5, 5.41) is 2.48. The molecule has 1 saturated heterocycles. The van der Waals surface area contributed by atoms with E-state index in [0.29, 0.717) is 26.2 Å². The summed E-state index contributed by atoms with van der Waals surface area (Å²) in [5.74, 6) is -0.979. The average Bonchev–Trinajstić information content (AvgIpc) is 2.54. The van der Waals surface area contributed by atoms with Crippen LogP contribution in [0.4, 0.5) is 0 Å². The van der Waals surface area contributed by atoms with Gasteiger partial charge in [0, 0.05) is 26.2 Å². The second-order valence-electron chi connectivity index (χ2n) is 4.69. The fourth-order valence-electron chi connectivity index (χ4n) is 1.69. The van der Waals surface area contributed by atoms with Crippen molar-refractivity contribution in [1.82, 2.24) is 10.2 Å². The highest BCUT2D eigenvalue weighted by atomic mass is 16.2. The van der Waals surface area contributed by atoms with Crippen molar-refractivity contribution < 1.29 is 9.59 Å². The molecule has 2 amide bonds. The van der Waals surface area contributed by atoms with Crippen molar-refractivity contribution in [3.63, 3.8) is 0 Å². The highest BCUT2D eigenvalue weighted by Gasteiger charge is 2.34. The Bertz CT molecular complexity index is 263. The summed E-state index contributed by atoms with van der Waals surface area (Å²) in [6.45, 7) is 6.21. The van der Waals surface area contributed by atoms with Crippen LogP contribution in [0.3, 0.4) is 0 Å². The van der Waals surface area contributed by atoms with E-state index in [1.807, 2.05) is 0 Å². The van der Waals surface area contributed by atoms with Crippen molar-refractivity contribution >= 4 is 11.8 Å². The molecule has 0 atom stereocenters. The van der Waals surface area contributed by atoms with E-state index in [4.69, 9.17) is 5.73 Å². The Morgan fingerprint density at radius 3 is 2.60 bits per heavy atom. The highest BCUT2D eigenvalue weighted by molar-refractivity contribution is 6.35. The molecule has 0 aromatic heterocycles. The molecule has 1 aliphatic heterocycles. The van der Waals surface area contributed by atoms with Gasteiger partial charge in [0.2, 0.25) is 0 Å². The van der Waals surface area contributed by atoms with Crippen molar-refractivity contribution in [3.8, 4) is 0 Å². The van der Waals surface area contributed by atoms with E-state index in [0.717, 1.165) is 6.42 Å². The molecule has 3 N–H and O–H groups in total. The molecule has 0 aromatic rings. The van der Waals surface area contributed by atoms with Gasteiger partial charge >= 0.3 is 11.8 Å². The Kier molecular flexibility index (Phi) is 3.68. The molecule has 1 fully saturated rings. The molecule has 0 bridgehead atoms. The molecule has 15 heavy (non-hydrogen) atoms. The molecule has 0 aromatic carbocycles. The normalized spacial score (nSPS) is 19.0. The van der Waals surface area contributed by atoms with Gasteiger partial charge in [-0.3, -0.25) is 9.59 Å². The minimum atomic E-state index is -0.543. The molecule has 0 spiro atoms. The van der Waals surface area contributed by atoms with E-state index >= 15 is 0 Å². The van der Waals surface area contributed by atoms with E-state index < -0.39 is 11.8 Å². The third-order valence-corrected chi connectivity index (χ3v) is 2.59. The lowest BCUT2D eigenvalue weighted by Gasteiger charge is -2.19. The monoisotopic (exact) mass is 213 g/mol. The van der Waals surface area contributed by atoms with Crippen LogP contribution >= 0.6 is 0 Å². The first-order chi connectivity index (χ1) is 6.96. The van der Waals surface area contributed by atoms with Gasteiger partial charge in [-0.05, 0) is 11.8 Å². The summed E-state index contributed by atoms with van der Waals surface area (Å²) < 4.78 is 0. The summed E-state index contributed by atoms with van der Waals surface area (Å²) in [7, 11) is 0. The van der Waals surface area contributed by atoms with Gasteiger partial charge in [-0.25, -0.2) is 0 Å². The van der Waals surface area contributed by atoms with E-state index in [9.17, 15) is 9.59 Å². The van der Waals surface area contributed by atoms with Gasteiger partial charge in [-0.1, -0.05) is 13.8 Å². The minimum Gasteiger partial charge on any atom is -0.347 e. The SMILES string of the molecule is CC1(C)CCN(C(=O)C(=O)NCCN)C1. The van der Waals surface area contributed by atoms with E-state index in [1.54, 1.807) is 4.90 Å². The largest absolute Gasteiger partial charge is 0.347 e. The molecule has 0 saturated carbocycles. The van der Waals surface area contributed by atoms with Crippen molar-refractivity contribution in [2.75, 3.05) is 26.2 Å². The highest BCUT2D eigenvalue weighted by Crippen LogP contribution is 2.28. The number of hydrogen-bond donors (Lipinski definition) is 2. The van der Waals surface area contributed by atoms with Crippen LogP contribution in [0.15, 0.2) is 0 Å². The standard InChI is InChI=1S/C10H19N3O2/c1-10(2)3-6-13(7-10)9(15)8(14)12-5-4-11/h3-7,11H2,1-2H3,(H,12,14). The van der Waals surface area contributed by atoms with Gasteiger partial charge in [0.05, 0.1) is 0 Å². The number of carbonyl (C=O) groups is 2. The predicted octanol–water partition coefficient (Wildman–Crippen LogP) is -0.680. The number of carbonyl (C=O) groups excluding carboxylic acids is 2. The van der Waals surface area contributed by atoms with Crippen molar-refractivity contribution in [2.45, 2.75) is 20.3 Å². The first-order valence-electron chi connectivity index (χ1n) is 5.23. The summed E-state index contributed by atoms with van der Waals surface area (Å²) in [6.07, 6.45) is 0.947. The molecule has 0 radical (unpaired) electrons. The zero-order chi connectivity index (χ0) is 11.5. The zero-order valence-corrected chi connectivity index (χ0v) is 9.38. The van der Waals surface area contributed by atoms with Crippen LogP contribution in [0, 0.1) is 5.41 Å². The fraction of sp³-hybridized carbons (Fsp3) is 0.800. The molecular formula is C10H19N3O2. The van der Waals surface area contributed by atoms with Crippen LogP contribution in [0.1, 0.15) is 20.3 Å². The maximum Gasteiger partial charge on any atom is 0.311 e. The molecule has 86 valence electrons. The van der Waals surface area contributed by atoms with Crippen molar-refractivity contribution in [3.05, 3.63) is 0 Å². The number of nitrogens with zero attached hydrogens (tertiary/aromatic N) is 1. The predicted molar refractivity (Wildman–Crippen MR) is 57.0 cm³/mol. The lowest BCUT2D eigenvalue weighted by atomic mass is 9.93. The molecule has 1 aliphatic rings. The number of hydrogen-bond acceptors (Lipinski definition) is 3. The van der Waals surface area contributed by atoms with Gasteiger partial charge < -0.3 is 16.0 Å². The third kappa shape index (κ3) is 3.20. The number of likely N-dealkylation sites (tertiary alicyclic amines) is 1. The summed E-state index contributed by atoms with van der Waals surface area (Å²) in [4.78, 5) is 24.6. The van der Waals surface area contributed by atoms with Gasteiger partial charge in [0.15, 0.2) is 0 Å². The number of rotatable bonds is 2. The number of nitrogens with two attached hydrogens (primary N) is 1. The quantitative estimate of drug-likeness (QED) is 0.597. The Labute approximate surface area is 90.0 Å². The van der Waals surface area contributed by atoms with Crippen LogP contribution < -0.4 is 11.1 Å². The van der Waals surface area contributed by atoms with Crippen LogP contribution in [0.25, 0.3) is 0 Å². The Hall–Kier alpha value is -1.10. The maximum absolute atomic E-state index is 11.6. The first kappa shape index (κ1) is 12.0. The smallest absolute Gasteiger partial charge is 0.311 e. The fourth-order valence-corrected chi connectivity index (χ4v) is 1.69. The lowest BCUT2D eigenvalue weighted by molar-refractivity contribution is -0.145. The Morgan fingerprint density at radius 2 is 2.13 bits per heavy atom. The van der Waals surface area contributed by atoms with Crippen LogP contribution in [0.5, 0.6) is 0 Å². The molecule has 5 heteroatoms. The number of nitrogens with one attached hydrogen (secondary N) is 1. The molecule has 0 aliphatic carbocycles. The topological polar surface area (TPSA) is 75.4 Å². The Morgan fingerprint density at radius 1 is 1.47 bits per heavy atom. The summed E-state index contributed by atoms with van der Waals surface area (Å²) in [6, 6.07) is 0. The van der Waals surface area contributed by atoms with E-state index in [-0.39, 0.29) is 5.41 Å². The minimum absolute atomic E-state index is 0.129. The molecule has 1 rings (SSSR count). The molecular weight excluding hydrogens is 194 g/mol. The average molecular weight is 213 g/mol. The van der Waals surface area contributed by atoms with E-state index in [2.05, 4.69) is 19.2 Å². The van der Waals surface area contributed by atoms with Gasteiger partial charge in [0.25, 0.3) is 0 Å². The zero-order valence-electron chi connectivity index (χ0n) is 9.38. The summed E-state index contributed by atoms with van der Waals surface area (Å²) >= 11 is 0. The summed E-state index contributed by atoms with van der Waals surface area (Å²) in [5.41, 5.74) is 5.36. The van der Waals surface area contributed by atoms with E-state index in [1.165, 1.54) is 0 Å². The maximum atomic E-state index is 11.6. The van der Waals surface area contributed by atoms with Crippen molar-refractivity contribution in [2.24, 2.45) is 11.1 Å². The number of amides is 2. The van der Waals surface area contributed by atoms with Gasteiger partial charge in [-0.15, -0.1) is 0 Å². The molecule has 1 heterocycles. The second kappa shape index (κ2) is 4.61. The van der Waals surface area contributed by atoms with Crippen LogP contribution in [-0.2, 0) is 9.59 Å². The Balaban J connectivity index is 2.44. The molecule has 5 nitrogen and oxygen atoms in total. The molecule has 0 unspecified atom stereocenters.